The van der Waals surface area contributed by atoms with Crippen molar-refractivity contribution in [1.29, 1.82) is 0 Å². The van der Waals surface area contributed by atoms with E-state index in [0.29, 0.717) is 11.1 Å². The summed E-state index contributed by atoms with van der Waals surface area (Å²) in [5.74, 6) is -0.131. The first-order chi connectivity index (χ1) is 15.6. The summed E-state index contributed by atoms with van der Waals surface area (Å²) in [5, 5.41) is 1.62. The first kappa shape index (κ1) is 30.3. The van der Waals surface area contributed by atoms with Gasteiger partial charge in [-0.25, -0.2) is 8.96 Å². The monoisotopic (exact) mass is 593 g/mol. The third-order valence-electron chi connectivity index (χ3n) is 6.43. The number of pyridine rings is 1. The molecule has 3 aromatic rings. The van der Waals surface area contributed by atoms with Crippen LogP contribution in [0.4, 0.5) is 10.1 Å². The Morgan fingerprint density at radius 2 is 1.53 bits per heavy atom. The van der Waals surface area contributed by atoms with E-state index in [9.17, 15) is 0 Å². The minimum Gasteiger partial charge on any atom is -1.00 e. The van der Waals surface area contributed by atoms with Crippen LogP contribution in [-0.4, -0.2) is 32.7 Å². The Bertz CT molecular complexity index is 1030. The molecule has 0 aliphatic carbocycles. The van der Waals surface area contributed by atoms with Gasteiger partial charge in [-0.05, 0) is 50.3 Å². The van der Waals surface area contributed by atoms with Crippen LogP contribution < -0.4 is 48.3 Å². The topological polar surface area (TPSA) is 11.6 Å². The zero-order valence-corrected chi connectivity index (χ0v) is 24.0. The van der Waals surface area contributed by atoms with Crippen LogP contribution >= 0.6 is 0 Å². The lowest BCUT2D eigenvalue weighted by atomic mass is 10.0. The van der Waals surface area contributed by atoms with Gasteiger partial charge in [0.2, 0.25) is 0 Å². The van der Waals surface area contributed by atoms with Crippen LogP contribution in [0.2, 0.25) is 0 Å². The molecule has 1 N–H and O–H groups in total. The summed E-state index contributed by atoms with van der Waals surface area (Å²) in [6, 6.07) is 14.1. The van der Waals surface area contributed by atoms with Gasteiger partial charge in [-0.3, -0.25) is 0 Å². The fraction of sp³-hybridized carbons (Fsp3) is 0.393. The van der Waals surface area contributed by atoms with Gasteiger partial charge >= 0.3 is 0 Å². The smallest absolute Gasteiger partial charge is 0.169 e. The standard InChI is InChI=1S/C28H37FN3.2BrH/c1-5-30(6-2)19-10-20-31-21-17-23(18-22-31)13-14-24-11-9-12-26-25(24)15-16-27(28(26)29)32(7-3)8-4;;/h9,11-18,21-22H,5-8,10,19-20H2,1-4H3;2*1H/q+1;;/p-1/b14-13+;;. The number of rotatable bonds is 11. The molecule has 2 aromatic carbocycles. The zero-order chi connectivity index (χ0) is 22.9. The number of hydrogen-bond acceptors (Lipinski definition) is 1. The fourth-order valence-electron chi connectivity index (χ4n) is 4.32. The van der Waals surface area contributed by atoms with E-state index in [0.717, 1.165) is 36.1 Å². The minimum absolute atomic E-state index is 0. The van der Waals surface area contributed by atoms with Gasteiger partial charge in [0.05, 0.1) is 31.7 Å². The van der Waals surface area contributed by atoms with Crippen molar-refractivity contribution in [2.45, 2.75) is 40.7 Å². The summed E-state index contributed by atoms with van der Waals surface area (Å²) < 4.78 is 17.5. The molecule has 0 unspecified atom stereocenters. The third-order valence-corrected chi connectivity index (χ3v) is 6.43. The van der Waals surface area contributed by atoms with Gasteiger partial charge < -0.3 is 43.8 Å². The van der Waals surface area contributed by atoms with E-state index < -0.39 is 0 Å². The molecule has 0 amide bonds. The molecule has 0 fully saturated rings. The van der Waals surface area contributed by atoms with Gasteiger partial charge in [0.25, 0.3) is 0 Å². The van der Waals surface area contributed by atoms with Gasteiger partial charge in [0.15, 0.2) is 24.8 Å². The molecule has 0 radical (unpaired) electrons. The Balaban J connectivity index is 0.00000289. The summed E-state index contributed by atoms with van der Waals surface area (Å²) in [6.07, 6.45) is 9.68. The number of hydrogen-bond donors (Lipinski definition) is 1. The Hall–Kier alpha value is -1.76. The van der Waals surface area contributed by atoms with Gasteiger partial charge in [-0.1, -0.05) is 36.4 Å². The van der Waals surface area contributed by atoms with Crippen molar-refractivity contribution in [3.05, 3.63) is 71.8 Å². The van der Waals surface area contributed by atoms with E-state index in [1.54, 1.807) is 4.90 Å². The number of aromatic nitrogens is 1. The third kappa shape index (κ3) is 7.62. The Labute approximate surface area is 225 Å². The lowest BCUT2D eigenvalue weighted by Gasteiger charge is -2.22. The highest BCUT2D eigenvalue weighted by atomic mass is 79.9. The number of nitrogens with one attached hydrogen (secondary N) is 1. The molecule has 34 heavy (non-hydrogen) atoms. The second-order valence-corrected chi connectivity index (χ2v) is 8.28. The van der Waals surface area contributed by atoms with E-state index in [-0.39, 0.29) is 39.8 Å². The first-order valence-electron chi connectivity index (χ1n) is 12.1. The molecule has 1 aromatic heterocycles. The van der Waals surface area contributed by atoms with E-state index in [2.05, 4.69) is 73.8 Å². The van der Waals surface area contributed by atoms with Crippen molar-refractivity contribution in [1.82, 2.24) is 0 Å². The average molecular weight is 595 g/mol. The molecule has 0 aliphatic heterocycles. The Kier molecular flexibility index (Phi) is 13.6. The molecule has 186 valence electrons. The highest BCUT2D eigenvalue weighted by Gasteiger charge is 2.13. The van der Waals surface area contributed by atoms with Crippen molar-refractivity contribution in [3.63, 3.8) is 0 Å². The van der Waals surface area contributed by atoms with Gasteiger partial charge in [-0.2, -0.15) is 0 Å². The highest BCUT2D eigenvalue weighted by molar-refractivity contribution is 5.95. The molecule has 3 nitrogen and oxygen atoms in total. The van der Waals surface area contributed by atoms with Gasteiger partial charge in [-0.15, -0.1) is 0 Å². The molecule has 3 rings (SSSR count). The molecule has 1 heterocycles. The van der Waals surface area contributed by atoms with E-state index >= 15 is 4.39 Å². The van der Waals surface area contributed by atoms with Crippen molar-refractivity contribution in [2.75, 3.05) is 37.6 Å². The van der Waals surface area contributed by atoms with Crippen LogP contribution in [0, 0.1) is 5.82 Å². The normalized spacial score (nSPS) is 11.0. The SMILES string of the molecule is CCN(CC)c1ccc2c(/C=C/c3cc[n+](CCC[NH+](CC)CC)cc3)cccc2c1F.[Br-].[Br-]. The average Bonchev–Trinajstić information content (AvgIpc) is 2.83. The minimum atomic E-state index is -0.131. The van der Waals surface area contributed by atoms with Crippen molar-refractivity contribution in [2.24, 2.45) is 0 Å². The van der Waals surface area contributed by atoms with Crippen LogP contribution in [0.1, 0.15) is 45.2 Å². The predicted molar refractivity (Wildman–Crippen MR) is 135 cm³/mol. The molecule has 0 bridgehead atoms. The fourth-order valence-corrected chi connectivity index (χ4v) is 4.32. The Morgan fingerprint density at radius 1 is 0.853 bits per heavy atom. The quantitative estimate of drug-likeness (QED) is 0.270. The second kappa shape index (κ2) is 15.3. The van der Waals surface area contributed by atoms with Gasteiger partial charge in [0.1, 0.15) is 0 Å². The molecule has 0 spiro atoms. The number of aryl methyl sites for hydroxylation is 1. The number of anilines is 1. The number of halogens is 3. The van der Waals surface area contributed by atoms with Crippen LogP contribution in [0.15, 0.2) is 54.9 Å². The lowest BCUT2D eigenvalue weighted by molar-refractivity contribution is -0.898. The molecular weight excluding hydrogens is 557 g/mol. The summed E-state index contributed by atoms with van der Waals surface area (Å²) in [7, 11) is 0. The molecule has 0 atom stereocenters. The van der Waals surface area contributed by atoms with Crippen LogP contribution in [-0.2, 0) is 6.54 Å². The number of benzene rings is 2. The van der Waals surface area contributed by atoms with E-state index in [1.807, 2.05) is 30.3 Å². The van der Waals surface area contributed by atoms with E-state index in [4.69, 9.17) is 0 Å². The maximum absolute atomic E-state index is 15.2. The van der Waals surface area contributed by atoms with Crippen LogP contribution in [0.3, 0.4) is 0 Å². The first-order valence-corrected chi connectivity index (χ1v) is 12.1. The van der Waals surface area contributed by atoms with Gasteiger partial charge in [0, 0.05) is 30.6 Å². The molecule has 0 saturated heterocycles. The largest absolute Gasteiger partial charge is 1.00 e. The van der Waals surface area contributed by atoms with Crippen LogP contribution in [0.5, 0.6) is 0 Å². The summed E-state index contributed by atoms with van der Waals surface area (Å²) >= 11 is 0. The summed E-state index contributed by atoms with van der Waals surface area (Å²) in [6.45, 7) is 14.9. The lowest BCUT2D eigenvalue weighted by Crippen LogP contribution is -3.11. The molecule has 0 aliphatic rings. The van der Waals surface area contributed by atoms with Crippen molar-refractivity contribution in [3.8, 4) is 0 Å². The van der Waals surface area contributed by atoms with Crippen LogP contribution in [0.25, 0.3) is 22.9 Å². The number of nitrogens with zero attached hydrogens (tertiary/aromatic N) is 2. The zero-order valence-electron chi connectivity index (χ0n) is 20.8. The molecular formula is C28H38Br2FN3. The summed E-state index contributed by atoms with van der Waals surface area (Å²) in [5.41, 5.74) is 2.86. The van der Waals surface area contributed by atoms with Crippen molar-refractivity contribution >= 4 is 28.6 Å². The second-order valence-electron chi connectivity index (χ2n) is 8.28. The Morgan fingerprint density at radius 3 is 2.15 bits per heavy atom. The highest BCUT2D eigenvalue weighted by Crippen LogP contribution is 2.30. The predicted octanol–water partition coefficient (Wildman–Crippen LogP) is -1.39. The molecule has 6 heteroatoms. The van der Waals surface area contributed by atoms with E-state index in [1.165, 1.54) is 26.1 Å². The molecule has 0 saturated carbocycles. The number of quaternary nitrogens is 1. The van der Waals surface area contributed by atoms with Crippen molar-refractivity contribution < 1.29 is 47.8 Å². The maximum Gasteiger partial charge on any atom is 0.169 e. The number of fused-ring (bicyclic) bond motifs is 1. The summed E-state index contributed by atoms with van der Waals surface area (Å²) in [4.78, 5) is 3.71. The maximum atomic E-state index is 15.2.